The summed E-state index contributed by atoms with van der Waals surface area (Å²) in [6, 6.07) is 5.98. The van der Waals surface area contributed by atoms with Crippen LogP contribution in [0.5, 0.6) is 0 Å². The molecule has 9 heteroatoms. The van der Waals surface area contributed by atoms with Gasteiger partial charge in [0.05, 0.1) is 34.2 Å². The fourth-order valence-corrected chi connectivity index (χ4v) is 6.48. The Bertz CT molecular complexity index is 1290. The number of likely N-dealkylation sites (tertiary alicyclic amines) is 1. The smallest absolute Gasteiger partial charge is 0.223 e. The number of halogens is 1. The molecule has 1 aromatic carbocycles. The number of thiophene rings is 1. The molecule has 35 heavy (non-hydrogen) atoms. The quantitative estimate of drug-likeness (QED) is 0.499. The van der Waals surface area contributed by atoms with Crippen molar-refractivity contribution in [3.8, 4) is 11.3 Å². The summed E-state index contributed by atoms with van der Waals surface area (Å²) in [5.41, 5.74) is 4.72. The van der Waals surface area contributed by atoms with E-state index in [2.05, 4.69) is 36.1 Å². The van der Waals surface area contributed by atoms with Crippen LogP contribution in [0, 0.1) is 12.8 Å². The fourth-order valence-electron chi connectivity index (χ4n) is 5.07. The average molecular weight is 513 g/mol. The molecule has 1 unspecified atom stereocenters. The molecule has 7 nitrogen and oxygen atoms in total. The van der Waals surface area contributed by atoms with Crippen LogP contribution < -0.4 is 5.32 Å². The summed E-state index contributed by atoms with van der Waals surface area (Å²) in [6.07, 6.45) is 3.54. The number of rotatable bonds is 6. The van der Waals surface area contributed by atoms with E-state index in [4.69, 9.17) is 16.3 Å². The van der Waals surface area contributed by atoms with Crippen LogP contribution in [0.3, 0.4) is 0 Å². The highest BCUT2D eigenvalue weighted by atomic mass is 35.5. The lowest BCUT2D eigenvalue weighted by Crippen LogP contribution is -2.51. The van der Waals surface area contributed by atoms with Crippen LogP contribution in [0.25, 0.3) is 21.5 Å². The van der Waals surface area contributed by atoms with Crippen LogP contribution in [0.4, 0.5) is 0 Å². The number of morpholine rings is 1. The molecule has 4 heterocycles. The van der Waals surface area contributed by atoms with E-state index < -0.39 is 0 Å². The van der Waals surface area contributed by atoms with Crippen molar-refractivity contribution in [3.63, 3.8) is 0 Å². The molecule has 2 fully saturated rings. The Labute approximate surface area is 213 Å². The summed E-state index contributed by atoms with van der Waals surface area (Å²) < 4.78 is 7.32. The van der Waals surface area contributed by atoms with Crippen molar-refractivity contribution in [2.75, 3.05) is 19.6 Å². The highest BCUT2D eigenvalue weighted by Gasteiger charge is 2.31. The Balaban J connectivity index is 1.50. The van der Waals surface area contributed by atoms with Crippen molar-refractivity contribution < 1.29 is 14.3 Å². The summed E-state index contributed by atoms with van der Waals surface area (Å²) >= 11 is 8.11. The summed E-state index contributed by atoms with van der Waals surface area (Å²) in [7, 11) is 0. The summed E-state index contributed by atoms with van der Waals surface area (Å²) in [6.45, 7) is 8.84. The first-order chi connectivity index (χ1) is 16.7. The summed E-state index contributed by atoms with van der Waals surface area (Å²) in [5, 5.41) is 4.15. The standard InChI is InChI=1S/C26H29ClN4O3S/c1-15-4-17(27)6-21(20(15)7-18-9-28-13-26(2,3)34-18)24-25-22(29-14-30-24)8-19(35-25)11-31-10-16(12-32)5-23(31)33/h4,6,8,12,14,16,18,28H,5,7,9-11,13H2,1-3H3/t16?,18-/m1/s1. The molecule has 3 aromatic rings. The van der Waals surface area contributed by atoms with Gasteiger partial charge in [-0.2, -0.15) is 0 Å². The van der Waals surface area contributed by atoms with Gasteiger partial charge in [0.25, 0.3) is 0 Å². The number of amides is 1. The molecule has 1 amide bonds. The van der Waals surface area contributed by atoms with Crippen molar-refractivity contribution in [3.05, 3.63) is 45.6 Å². The van der Waals surface area contributed by atoms with Crippen molar-refractivity contribution in [1.82, 2.24) is 20.2 Å². The van der Waals surface area contributed by atoms with Gasteiger partial charge >= 0.3 is 0 Å². The minimum atomic E-state index is -0.218. The second kappa shape index (κ2) is 9.58. The van der Waals surface area contributed by atoms with E-state index in [-0.39, 0.29) is 23.5 Å². The normalized spacial score (nSPS) is 22.2. The zero-order valence-electron chi connectivity index (χ0n) is 20.1. The second-order valence-corrected chi connectivity index (χ2v) is 11.7. The number of benzene rings is 1. The van der Waals surface area contributed by atoms with E-state index in [1.165, 1.54) is 0 Å². The second-order valence-electron chi connectivity index (χ2n) is 10.1. The molecule has 0 aliphatic carbocycles. The molecule has 2 saturated heterocycles. The number of fused-ring (bicyclic) bond motifs is 1. The SMILES string of the molecule is Cc1cc(Cl)cc(-c2ncnc3cc(CN4CC(C=O)CC4=O)sc23)c1C[C@@H]1CNCC(C)(C)O1. The van der Waals surface area contributed by atoms with Gasteiger partial charge in [0.2, 0.25) is 5.91 Å². The van der Waals surface area contributed by atoms with Gasteiger partial charge in [0, 0.05) is 53.9 Å². The molecule has 5 rings (SSSR count). The maximum atomic E-state index is 12.3. The van der Waals surface area contributed by atoms with Crippen molar-refractivity contribution in [2.45, 2.75) is 51.9 Å². The van der Waals surface area contributed by atoms with Gasteiger partial charge in [-0.25, -0.2) is 9.97 Å². The van der Waals surface area contributed by atoms with Crippen LogP contribution in [0.1, 0.15) is 36.3 Å². The van der Waals surface area contributed by atoms with Gasteiger partial charge in [-0.3, -0.25) is 4.79 Å². The maximum Gasteiger partial charge on any atom is 0.223 e. The Morgan fingerprint density at radius 1 is 1.31 bits per heavy atom. The summed E-state index contributed by atoms with van der Waals surface area (Å²) in [4.78, 5) is 35.4. The molecule has 0 spiro atoms. The molecular weight excluding hydrogens is 484 g/mol. The van der Waals surface area contributed by atoms with Gasteiger partial charge < -0.3 is 19.7 Å². The molecular formula is C26H29ClN4O3S. The summed E-state index contributed by atoms with van der Waals surface area (Å²) in [5.74, 6) is -0.201. The minimum Gasteiger partial charge on any atom is -0.369 e. The van der Waals surface area contributed by atoms with E-state index in [1.807, 2.05) is 18.2 Å². The molecule has 2 atom stereocenters. The fraction of sp³-hybridized carbons (Fsp3) is 0.462. The molecule has 2 aromatic heterocycles. The molecule has 184 valence electrons. The van der Waals surface area contributed by atoms with E-state index in [0.717, 1.165) is 63.3 Å². The van der Waals surface area contributed by atoms with Gasteiger partial charge in [0.15, 0.2) is 0 Å². The van der Waals surface area contributed by atoms with E-state index in [9.17, 15) is 9.59 Å². The molecule has 2 aliphatic rings. The lowest BCUT2D eigenvalue weighted by Gasteiger charge is -2.37. The van der Waals surface area contributed by atoms with Crippen LogP contribution in [0.15, 0.2) is 24.5 Å². The Morgan fingerprint density at radius 3 is 2.89 bits per heavy atom. The predicted octanol–water partition coefficient (Wildman–Crippen LogP) is 4.18. The van der Waals surface area contributed by atoms with Crippen molar-refractivity contribution in [2.24, 2.45) is 5.92 Å². The topological polar surface area (TPSA) is 84.4 Å². The Morgan fingerprint density at radius 2 is 2.14 bits per heavy atom. The van der Waals surface area contributed by atoms with Crippen LogP contribution in [-0.4, -0.2) is 58.4 Å². The van der Waals surface area contributed by atoms with E-state index >= 15 is 0 Å². The highest BCUT2D eigenvalue weighted by molar-refractivity contribution is 7.19. The lowest BCUT2D eigenvalue weighted by atomic mass is 9.93. The maximum absolute atomic E-state index is 12.3. The Kier molecular flexibility index (Phi) is 6.65. The van der Waals surface area contributed by atoms with Gasteiger partial charge in [-0.05, 0) is 50.1 Å². The number of aldehydes is 1. The molecule has 0 saturated carbocycles. The number of carbonyl (C=O) groups is 2. The lowest BCUT2D eigenvalue weighted by molar-refractivity contribution is -0.128. The number of ether oxygens (including phenoxy) is 1. The first-order valence-electron chi connectivity index (χ1n) is 11.9. The largest absolute Gasteiger partial charge is 0.369 e. The van der Waals surface area contributed by atoms with E-state index in [0.29, 0.717) is 24.5 Å². The number of aryl methyl sites for hydroxylation is 1. The third kappa shape index (κ3) is 5.11. The predicted molar refractivity (Wildman–Crippen MR) is 138 cm³/mol. The van der Waals surface area contributed by atoms with Gasteiger partial charge in [-0.1, -0.05) is 11.6 Å². The number of carbonyl (C=O) groups excluding carboxylic acids is 2. The Hall–Kier alpha value is -2.39. The van der Waals surface area contributed by atoms with Crippen LogP contribution >= 0.6 is 22.9 Å². The van der Waals surface area contributed by atoms with Gasteiger partial charge in [0.1, 0.15) is 12.6 Å². The first-order valence-corrected chi connectivity index (χ1v) is 13.1. The number of aromatic nitrogens is 2. The number of nitrogens with zero attached hydrogens (tertiary/aromatic N) is 3. The van der Waals surface area contributed by atoms with E-state index in [1.54, 1.807) is 22.6 Å². The molecule has 2 aliphatic heterocycles. The zero-order valence-corrected chi connectivity index (χ0v) is 21.7. The van der Waals surface area contributed by atoms with Crippen molar-refractivity contribution in [1.29, 1.82) is 0 Å². The minimum absolute atomic E-state index is 0.0163. The number of nitrogens with one attached hydrogen (secondary N) is 1. The monoisotopic (exact) mass is 512 g/mol. The first kappa shape index (κ1) is 24.3. The number of hydrogen-bond acceptors (Lipinski definition) is 7. The molecule has 0 radical (unpaired) electrons. The molecule has 1 N–H and O–H groups in total. The highest BCUT2D eigenvalue weighted by Crippen LogP contribution is 2.38. The van der Waals surface area contributed by atoms with Crippen LogP contribution in [-0.2, 0) is 27.3 Å². The number of hydrogen-bond donors (Lipinski definition) is 1. The molecule has 0 bridgehead atoms. The van der Waals surface area contributed by atoms with Gasteiger partial charge in [-0.15, -0.1) is 11.3 Å². The third-order valence-corrected chi connectivity index (χ3v) is 8.01. The van der Waals surface area contributed by atoms with Crippen LogP contribution in [0.2, 0.25) is 5.02 Å². The third-order valence-electron chi connectivity index (χ3n) is 6.68. The zero-order chi connectivity index (χ0) is 24.7. The average Bonchev–Trinajstić information content (AvgIpc) is 3.37. The van der Waals surface area contributed by atoms with Crippen molar-refractivity contribution >= 4 is 45.3 Å².